The van der Waals surface area contributed by atoms with Gasteiger partial charge in [0.1, 0.15) is 0 Å². The van der Waals surface area contributed by atoms with Crippen molar-refractivity contribution >= 4 is 10.9 Å². The minimum atomic E-state index is 0.229. The monoisotopic (exact) mass is 272 g/mol. The molecule has 0 spiro atoms. The predicted octanol–water partition coefficient (Wildman–Crippen LogP) is 4.85. The van der Waals surface area contributed by atoms with Crippen LogP contribution in [-0.4, -0.2) is 4.98 Å². The first-order valence-corrected chi connectivity index (χ1v) is 7.42. The number of H-pyrrole nitrogens is 1. The van der Waals surface area contributed by atoms with Crippen LogP contribution in [0, 0.1) is 17.2 Å². The van der Waals surface area contributed by atoms with Crippen LogP contribution in [0.15, 0.2) is 54.6 Å². The molecule has 0 radical (unpaired) electrons. The van der Waals surface area contributed by atoms with Crippen LogP contribution >= 0.6 is 0 Å². The Balaban J connectivity index is 1.88. The van der Waals surface area contributed by atoms with Crippen molar-refractivity contribution in [2.24, 2.45) is 5.92 Å². The van der Waals surface area contributed by atoms with Gasteiger partial charge in [0.2, 0.25) is 0 Å². The number of aromatic nitrogens is 1. The van der Waals surface area contributed by atoms with Crippen LogP contribution in [-0.2, 0) is 0 Å². The van der Waals surface area contributed by atoms with Crippen molar-refractivity contribution in [1.82, 2.24) is 4.98 Å². The van der Waals surface area contributed by atoms with Crippen molar-refractivity contribution in [3.8, 4) is 17.3 Å². The molecule has 1 fully saturated rings. The number of nitriles is 1. The molecule has 0 saturated heterocycles. The summed E-state index contributed by atoms with van der Waals surface area (Å²) in [4.78, 5) is 3.58. The Kier molecular flexibility index (Phi) is 2.79. The summed E-state index contributed by atoms with van der Waals surface area (Å²) in [5.41, 5.74) is 5.03. The summed E-state index contributed by atoms with van der Waals surface area (Å²) in [7, 11) is 0. The molecule has 102 valence electrons. The number of rotatable bonds is 2. The van der Waals surface area contributed by atoms with Gasteiger partial charge in [-0.15, -0.1) is 0 Å². The van der Waals surface area contributed by atoms with Crippen LogP contribution < -0.4 is 0 Å². The molecule has 0 bridgehead atoms. The van der Waals surface area contributed by atoms with Gasteiger partial charge in [-0.1, -0.05) is 48.5 Å². The standard InChI is InChI=1S/C19H16N2/c20-12-13-10-15(11-13)18-16-8-4-5-9-17(16)21-19(18)14-6-2-1-3-7-14/h1-9,13,15,21H,10-11H2. The highest BCUT2D eigenvalue weighted by atomic mass is 14.7. The van der Waals surface area contributed by atoms with Gasteiger partial charge in [0.15, 0.2) is 0 Å². The summed E-state index contributed by atoms with van der Waals surface area (Å²) in [6, 6.07) is 21.4. The number of fused-ring (bicyclic) bond motifs is 1. The van der Waals surface area contributed by atoms with Gasteiger partial charge in [0.05, 0.1) is 6.07 Å². The normalized spacial score (nSPS) is 20.9. The zero-order valence-corrected chi connectivity index (χ0v) is 11.7. The van der Waals surface area contributed by atoms with Crippen molar-refractivity contribution in [1.29, 1.82) is 5.26 Å². The van der Waals surface area contributed by atoms with E-state index < -0.39 is 0 Å². The highest BCUT2D eigenvalue weighted by molar-refractivity contribution is 5.91. The lowest BCUT2D eigenvalue weighted by Crippen LogP contribution is -2.20. The molecule has 1 aromatic heterocycles. The molecule has 1 heterocycles. The minimum Gasteiger partial charge on any atom is -0.354 e. The van der Waals surface area contributed by atoms with Crippen molar-refractivity contribution in [3.05, 3.63) is 60.2 Å². The third-order valence-corrected chi connectivity index (χ3v) is 4.54. The maximum Gasteiger partial charge on any atom is 0.0656 e. The molecule has 0 amide bonds. The number of hydrogen-bond donors (Lipinski definition) is 1. The number of nitrogens with zero attached hydrogens (tertiary/aromatic N) is 1. The first kappa shape index (κ1) is 12.2. The molecule has 1 saturated carbocycles. The molecule has 0 atom stereocenters. The number of para-hydroxylation sites is 1. The van der Waals surface area contributed by atoms with E-state index in [0.29, 0.717) is 5.92 Å². The Bertz CT molecular complexity index is 818. The zero-order valence-electron chi connectivity index (χ0n) is 11.7. The fourth-order valence-electron chi connectivity index (χ4n) is 3.38. The van der Waals surface area contributed by atoms with Gasteiger partial charge in [-0.2, -0.15) is 5.26 Å². The lowest BCUT2D eigenvalue weighted by atomic mass is 9.71. The zero-order chi connectivity index (χ0) is 14.2. The first-order chi connectivity index (χ1) is 10.4. The molecule has 1 aliphatic rings. The summed E-state index contributed by atoms with van der Waals surface area (Å²) in [6.07, 6.45) is 1.97. The molecule has 0 aliphatic heterocycles. The average molecular weight is 272 g/mol. The number of hydrogen-bond acceptors (Lipinski definition) is 1. The van der Waals surface area contributed by atoms with Gasteiger partial charge in [-0.05, 0) is 36.0 Å². The quantitative estimate of drug-likeness (QED) is 0.711. The fourth-order valence-corrected chi connectivity index (χ4v) is 3.38. The van der Waals surface area contributed by atoms with E-state index in [1.54, 1.807) is 0 Å². The summed E-state index contributed by atoms with van der Waals surface area (Å²) in [6.45, 7) is 0. The van der Waals surface area contributed by atoms with E-state index in [1.807, 2.05) is 6.07 Å². The molecule has 4 rings (SSSR count). The van der Waals surface area contributed by atoms with Crippen LogP contribution in [0.4, 0.5) is 0 Å². The molecule has 21 heavy (non-hydrogen) atoms. The molecular weight excluding hydrogens is 256 g/mol. The lowest BCUT2D eigenvalue weighted by molar-refractivity contribution is 0.334. The highest BCUT2D eigenvalue weighted by Crippen LogP contribution is 2.47. The number of aromatic amines is 1. The maximum atomic E-state index is 9.04. The predicted molar refractivity (Wildman–Crippen MR) is 84.8 cm³/mol. The van der Waals surface area contributed by atoms with Gasteiger partial charge in [0, 0.05) is 22.5 Å². The lowest BCUT2D eigenvalue weighted by Gasteiger charge is -2.31. The second kappa shape index (κ2) is 4.79. The molecule has 0 unspecified atom stereocenters. The summed E-state index contributed by atoms with van der Waals surface area (Å²) >= 11 is 0. The van der Waals surface area contributed by atoms with Gasteiger partial charge in [0.25, 0.3) is 0 Å². The number of nitrogens with one attached hydrogen (secondary N) is 1. The topological polar surface area (TPSA) is 39.6 Å². The van der Waals surface area contributed by atoms with Crippen LogP contribution in [0.5, 0.6) is 0 Å². The van der Waals surface area contributed by atoms with E-state index in [4.69, 9.17) is 5.26 Å². The summed E-state index contributed by atoms with van der Waals surface area (Å²) < 4.78 is 0. The molecule has 1 N–H and O–H groups in total. The second-order valence-corrected chi connectivity index (χ2v) is 5.82. The van der Waals surface area contributed by atoms with Crippen LogP contribution in [0.2, 0.25) is 0 Å². The molecule has 2 nitrogen and oxygen atoms in total. The maximum absolute atomic E-state index is 9.04. The van der Waals surface area contributed by atoms with E-state index in [9.17, 15) is 0 Å². The highest BCUT2D eigenvalue weighted by Gasteiger charge is 2.33. The number of benzene rings is 2. The Morgan fingerprint density at radius 2 is 1.67 bits per heavy atom. The fraction of sp³-hybridized carbons (Fsp3) is 0.211. The third kappa shape index (κ3) is 1.94. The van der Waals surface area contributed by atoms with Gasteiger partial charge >= 0.3 is 0 Å². The van der Waals surface area contributed by atoms with Gasteiger partial charge in [-0.25, -0.2) is 0 Å². The Morgan fingerprint density at radius 1 is 0.952 bits per heavy atom. The van der Waals surface area contributed by atoms with Crippen LogP contribution in [0.25, 0.3) is 22.2 Å². The minimum absolute atomic E-state index is 0.229. The molecule has 2 heteroatoms. The molecule has 1 aliphatic carbocycles. The van der Waals surface area contributed by atoms with Crippen LogP contribution in [0.1, 0.15) is 24.3 Å². The summed E-state index contributed by atoms with van der Waals surface area (Å²) in [5, 5.41) is 10.3. The van der Waals surface area contributed by atoms with E-state index in [-0.39, 0.29) is 5.92 Å². The van der Waals surface area contributed by atoms with Crippen molar-refractivity contribution in [2.45, 2.75) is 18.8 Å². The van der Waals surface area contributed by atoms with Crippen molar-refractivity contribution < 1.29 is 0 Å². The molecule has 3 aromatic rings. The Morgan fingerprint density at radius 3 is 2.43 bits per heavy atom. The smallest absolute Gasteiger partial charge is 0.0656 e. The Hall–Kier alpha value is -2.53. The second-order valence-electron chi connectivity index (χ2n) is 5.82. The summed E-state index contributed by atoms with van der Waals surface area (Å²) in [5.74, 6) is 0.730. The Labute approximate surface area is 124 Å². The van der Waals surface area contributed by atoms with Gasteiger partial charge in [-0.3, -0.25) is 0 Å². The van der Waals surface area contributed by atoms with E-state index >= 15 is 0 Å². The van der Waals surface area contributed by atoms with Crippen molar-refractivity contribution in [2.75, 3.05) is 0 Å². The van der Waals surface area contributed by atoms with Crippen molar-refractivity contribution in [3.63, 3.8) is 0 Å². The molecule has 2 aromatic carbocycles. The SMILES string of the molecule is N#CC1CC(c2c(-c3ccccc3)[nH]c3ccccc23)C1. The van der Waals surface area contributed by atoms with E-state index in [2.05, 4.69) is 59.6 Å². The van der Waals surface area contributed by atoms with E-state index in [0.717, 1.165) is 12.8 Å². The van der Waals surface area contributed by atoms with E-state index in [1.165, 1.54) is 27.7 Å². The molecular formula is C19H16N2. The van der Waals surface area contributed by atoms with Gasteiger partial charge < -0.3 is 4.98 Å². The van der Waals surface area contributed by atoms with Crippen LogP contribution in [0.3, 0.4) is 0 Å². The average Bonchev–Trinajstić information content (AvgIpc) is 2.87. The third-order valence-electron chi connectivity index (χ3n) is 4.54. The largest absolute Gasteiger partial charge is 0.354 e. The first-order valence-electron chi connectivity index (χ1n) is 7.42.